The van der Waals surface area contributed by atoms with Crippen LogP contribution in [0.5, 0.6) is 0 Å². The van der Waals surface area contributed by atoms with E-state index >= 15 is 0 Å². The predicted molar refractivity (Wildman–Crippen MR) is 76.4 cm³/mol. The monoisotopic (exact) mass is 332 g/mol. The van der Waals surface area contributed by atoms with E-state index in [2.05, 4.69) is 10.6 Å². The number of ether oxygens (including phenoxy) is 3. The summed E-state index contributed by atoms with van der Waals surface area (Å²) in [5.41, 5.74) is 0. The highest BCUT2D eigenvalue weighted by Crippen LogP contribution is 2.40. The lowest BCUT2D eigenvalue weighted by atomic mass is 9.80. The number of hydrogen-bond acceptors (Lipinski definition) is 9. The van der Waals surface area contributed by atoms with Crippen LogP contribution in [0.15, 0.2) is 0 Å². The van der Waals surface area contributed by atoms with Gasteiger partial charge >= 0.3 is 0 Å². The number of carbonyl (C=O) groups is 1. The van der Waals surface area contributed by atoms with Crippen molar-refractivity contribution in [1.29, 1.82) is 0 Å². The Kier molecular flexibility index (Phi) is 4.49. The van der Waals surface area contributed by atoms with Crippen LogP contribution in [0.25, 0.3) is 0 Å². The maximum absolute atomic E-state index is 12.2. The van der Waals surface area contributed by atoms with E-state index in [0.29, 0.717) is 0 Å². The molecule has 0 radical (unpaired) electrons. The Bertz CT molecular complexity index is 478. The van der Waals surface area contributed by atoms with E-state index < -0.39 is 60.5 Å². The molecule has 0 bridgehead atoms. The Balaban J connectivity index is 1.92. The first-order chi connectivity index (χ1) is 10.8. The first kappa shape index (κ1) is 17.2. The average Bonchev–Trinajstić information content (AvgIpc) is 2.49. The number of aliphatic hydroxyl groups excluding tert-OH is 2. The van der Waals surface area contributed by atoms with Gasteiger partial charge in [-0.25, -0.2) is 0 Å². The second-order valence-electron chi connectivity index (χ2n) is 6.40. The minimum absolute atomic E-state index is 0.00220. The minimum Gasteiger partial charge on any atom is -0.390 e. The quantitative estimate of drug-likeness (QED) is 0.361. The molecule has 9 atom stereocenters. The molecule has 0 unspecified atom stereocenters. The molecule has 0 aromatic carbocycles. The fourth-order valence-electron chi connectivity index (χ4n) is 3.68. The Morgan fingerprint density at radius 2 is 1.74 bits per heavy atom. The van der Waals surface area contributed by atoms with Gasteiger partial charge in [-0.05, 0) is 21.0 Å². The van der Waals surface area contributed by atoms with Crippen LogP contribution in [0.1, 0.15) is 13.3 Å². The largest absolute Gasteiger partial charge is 0.390 e. The van der Waals surface area contributed by atoms with Crippen LogP contribution in [0.3, 0.4) is 0 Å². The number of ketones is 1. The van der Waals surface area contributed by atoms with E-state index in [1.807, 2.05) is 0 Å². The van der Waals surface area contributed by atoms with Crippen molar-refractivity contribution in [2.45, 2.75) is 68.0 Å². The standard InChI is InChI=1S/C14H24N2O7/c1-5-4-6(17)14(20)13(21-5)22-12-10(19)7(15-2)9(18)8(16-3)11(12)23-14/h5,7-13,15-16,18-20H,4H2,1-3H3/t5-,7-,8+,9+,10+,11-,12-,13+,14-/m1/s1. The van der Waals surface area contributed by atoms with Gasteiger partial charge in [-0.1, -0.05) is 0 Å². The van der Waals surface area contributed by atoms with Gasteiger partial charge in [0.25, 0.3) is 5.79 Å². The van der Waals surface area contributed by atoms with Crippen LogP contribution < -0.4 is 10.6 Å². The maximum Gasteiger partial charge on any atom is 0.280 e. The molecule has 0 amide bonds. The van der Waals surface area contributed by atoms with E-state index in [4.69, 9.17) is 14.2 Å². The van der Waals surface area contributed by atoms with Gasteiger partial charge in [-0.2, -0.15) is 0 Å². The summed E-state index contributed by atoms with van der Waals surface area (Å²) in [4.78, 5) is 12.2. The number of carbonyl (C=O) groups excluding carboxylic acids is 1. The number of hydrogen-bond donors (Lipinski definition) is 5. The highest BCUT2D eigenvalue weighted by atomic mass is 16.8. The topological polar surface area (TPSA) is 130 Å². The molecule has 0 spiro atoms. The number of fused-ring (bicyclic) bond motifs is 2. The van der Waals surface area contributed by atoms with Crippen LogP contribution >= 0.6 is 0 Å². The fourth-order valence-corrected chi connectivity index (χ4v) is 3.68. The van der Waals surface area contributed by atoms with Crippen molar-refractivity contribution in [3.8, 4) is 0 Å². The second kappa shape index (κ2) is 6.01. The van der Waals surface area contributed by atoms with Crippen LogP contribution in [-0.2, 0) is 19.0 Å². The molecule has 2 heterocycles. The normalized spacial score (nSPS) is 53.6. The van der Waals surface area contributed by atoms with Gasteiger partial charge in [0.1, 0.15) is 18.3 Å². The number of nitrogens with one attached hydrogen (secondary N) is 2. The number of likely N-dealkylation sites (N-methyl/N-ethyl adjacent to an activating group) is 2. The Morgan fingerprint density at radius 1 is 1.09 bits per heavy atom. The molecule has 2 saturated heterocycles. The molecule has 2 aliphatic heterocycles. The number of aliphatic hydroxyl groups is 3. The lowest BCUT2D eigenvalue weighted by Gasteiger charge is -2.55. The van der Waals surface area contributed by atoms with Crippen LogP contribution in [-0.4, -0.2) is 89.9 Å². The van der Waals surface area contributed by atoms with Crippen LogP contribution in [0.4, 0.5) is 0 Å². The van der Waals surface area contributed by atoms with Gasteiger partial charge in [0, 0.05) is 6.42 Å². The summed E-state index contributed by atoms with van der Waals surface area (Å²) in [6.07, 6.45) is -5.58. The first-order valence-corrected chi connectivity index (χ1v) is 7.78. The molecule has 0 aromatic rings. The molecular formula is C14H24N2O7. The Morgan fingerprint density at radius 3 is 2.35 bits per heavy atom. The molecule has 9 heteroatoms. The molecule has 5 N–H and O–H groups in total. The van der Waals surface area contributed by atoms with Gasteiger partial charge in [0.15, 0.2) is 5.78 Å². The summed E-state index contributed by atoms with van der Waals surface area (Å²) in [7, 11) is 3.24. The van der Waals surface area contributed by atoms with Crippen molar-refractivity contribution in [1.82, 2.24) is 10.6 Å². The lowest BCUT2D eigenvalue weighted by molar-refractivity contribution is -0.420. The zero-order valence-electron chi connectivity index (χ0n) is 13.3. The van der Waals surface area contributed by atoms with Crippen molar-refractivity contribution >= 4 is 5.78 Å². The van der Waals surface area contributed by atoms with E-state index in [9.17, 15) is 20.1 Å². The van der Waals surface area contributed by atoms with E-state index in [0.717, 1.165) is 0 Å². The highest BCUT2D eigenvalue weighted by molar-refractivity contribution is 5.87. The van der Waals surface area contributed by atoms with Gasteiger partial charge in [-0.15, -0.1) is 0 Å². The molecule has 0 aromatic heterocycles. The van der Waals surface area contributed by atoms with Gasteiger partial charge in [0.05, 0.1) is 24.3 Å². The van der Waals surface area contributed by atoms with Gasteiger partial charge in [0.2, 0.25) is 6.29 Å². The molecule has 132 valence electrons. The molecule has 3 rings (SSSR count). The summed E-state index contributed by atoms with van der Waals surface area (Å²) in [6.45, 7) is 1.70. The Labute approximate surface area is 133 Å². The van der Waals surface area contributed by atoms with Crippen LogP contribution in [0.2, 0.25) is 0 Å². The van der Waals surface area contributed by atoms with Gasteiger partial charge < -0.3 is 40.2 Å². The third-order valence-electron chi connectivity index (χ3n) is 4.93. The summed E-state index contributed by atoms with van der Waals surface area (Å²) in [5.74, 6) is -2.76. The summed E-state index contributed by atoms with van der Waals surface area (Å²) in [5, 5.41) is 37.2. The van der Waals surface area contributed by atoms with Crippen LogP contribution in [0, 0.1) is 0 Å². The van der Waals surface area contributed by atoms with Crippen molar-refractivity contribution in [3.05, 3.63) is 0 Å². The smallest absolute Gasteiger partial charge is 0.280 e. The van der Waals surface area contributed by atoms with Crippen molar-refractivity contribution in [3.63, 3.8) is 0 Å². The lowest BCUT2D eigenvalue weighted by Crippen LogP contribution is -2.77. The summed E-state index contributed by atoms with van der Waals surface area (Å²) >= 11 is 0. The highest BCUT2D eigenvalue weighted by Gasteiger charge is 2.63. The third-order valence-corrected chi connectivity index (χ3v) is 4.93. The van der Waals surface area contributed by atoms with E-state index in [-0.39, 0.29) is 6.42 Å². The number of Topliss-reactive ketones (excluding diaryl/α,β-unsaturated/α-hetero) is 1. The molecular weight excluding hydrogens is 308 g/mol. The van der Waals surface area contributed by atoms with Crippen molar-refractivity contribution < 1.29 is 34.3 Å². The predicted octanol–water partition coefficient (Wildman–Crippen LogP) is -2.93. The minimum atomic E-state index is -2.23. The molecule has 1 aliphatic carbocycles. The fraction of sp³-hybridized carbons (Fsp3) is 0.929. The first-order valence-electron chi connectivity index (χ1n) is 7.78. The van der Waals surface area contributed by atoms with E-state index in [1.165, 1.54) is 0 Å². The second-order valence-corrected chi connectivity index (χ2v) is 6.40. The van der Waals surface area contributed by atoms with E-state index in [1.54, 1.807) is 21.0 Å². The maximum atomic E-state index is 12.2. The molecule has 9 nitrogen and oxygen atoms in total. The zero-order valence-corrected chi connectivity index (χ0v) is 13.3. The third kappa shape index (κ3) is 2.52. The molecule has 3 fully saturated rings. The average molecular weight is 332 g/mol. The summed E-state index contributed by atoms with van der Waals surface area (Å²) in [6, 6.07) is -1.29. The Hall–Kier alpha value is -0.650. The van der Waals surface area contributed by atoms with Gasteiger partial charge in [-0.3, -0.25) is 4.79 Å². The van der Waals surface area contributed by atoms with Crippen molar-refractivity contribution in [2.75, 3.05) is 14.1 Å². The zero-order chi connectivity index (χ0) is 16.9. The van der Waals surface area contributed by atoms with Crippen molar-refractivity contribution in [2.24, 2.45) is 0 Å². The molecule has 1 saturated carbocycles. The summed E-state index contributed by atoms with van der Waals surface area (Å²) < 4.78 is 16.8. The number of rotatable bonds is 2. The SMILES string of the molecule is CN[C@@H]1[C@H](O)[C@H](NC)[C@H]2O[C@]3(O)C(=O)C[C@@H](C)O[C@H]3O[C@@H]2[C@H]1O. The molecule has 3 aliphatic rings. The molecule has 23 heavy (non-hydrogen) atoms.